The van der Waals surface area contributed by atoms with Gasteiger partial charge in [0.15, 0.2) is 0 Å². The van der Waals surface area contributed by atoms with E-state index in [0.29, 0.717) is 12.0 Å². The van der Waals surface area contributed by atoms with E-state index in [0.717, 1.165) is 28.1 Å². The highest BCUT2D eigenvalue weighted by atomic mass is 19.1. The number of benzene rings is 3. The minimum Gasteiger partial charge on any atom is -0.467 e. The average Bonchev–Trinajstić information content (AvgIpc) is 3.15. The topological polar surface area (TPSA) is 60.3 Å². The summed E-state index contributed by atoms with van der Waals surface area (Å²) < 4.78 is 34.0. The number of fused-ring (bicyclic) bond motifs is 1. The van der Waals surface area contributed by atoms with Crippen LogP contribution in [-0.2, 0) is 33.7 Å². The molecule has 0 bridgehead atoms. The third-order valence-corrected chi connectivity index (χ3v) is 5.60. The first-order valence-electron chi connectivity index (χ1n) is 10.9. The maximum Gasteiger partial charge on any atom is 0.328 e. The summed E-state index contributed by atoms with van der Waals surface area (Å²) in [5.74, 6) is -2.13. The van der Waals surface area contributed by atoms with Gasteiger partial charge in [-0.3, -0.25) is 4.79 Å². The first kappa shape index (κ1) is 23.2. The van der Waals surface area contributed by atoms with Gasteiger partial charge in [0, 0.05) is 36.1 Å². The molecule has 1 unspecified atom stereocenters. The smallest absolute Gasteiger partial charge is 0.328 e. The number of ether oxygens (including phenoxy) is 1. The van der Waals surface area contributed by atoms with Crippen LogP contribution in [0.2, 0.25) is 0 Å². The highest BCUT2D eigenvalue weighted by molar-refractivity contribution is 5.91. The first-order chi connectivity index (χ1) is 16.4. The fraction of sp³-hybridized carbons (Fsp3) is 0.185. The van der Waals surface area contributed by atoms with Gasteiger partial charge in [0.1, 0.15) is 17.7 Å². The Balaban J connectivity index is 1.55. The predicted octanol–water partition coefficient (Wildman–Crippen LogP) is 4.41. The Labute approximate surface area is 196 Å². The van der Waals surface area contributed by atoms with E-state index in [-0.39, 0.29) is 18.9 Å². The van der Waals surface area contributed by atoms with Crippen LogP contribution >= 0.6 is 0 Å². The Morgan fingerprint density at radius 3 is 2.32 bits per heavy atom. The predicted molar refractivity (Wildman–Crippen MR) is 125 cm³/mol. The maximum atomic E-state index is 13.7. The number of methoxy groups -OCH3 is 1. The molecular weight excluding hydrogens is 438 g/mol. The van der Waals surface area contributed by atoms with Crippen LogP contribution in [0.4, 0.5) is 8.78 Å². The normalized spacial score (nSPS) is 11.9. The molecule has 1 N–H and O–H groups in total. The van der Waals surface area contributed by atoms with Crippen LogP contribution in [0.5, 0.6) is 0 Å². The van der Waals surface area contributed by atoms with Gasteiger partial charge in [-0.05, 0) is 34.9 Å². The summed E-state index contributed by atoms with van der Waals surface area (Å²) in [6.45, 7) is 0.246. The van der Waals surface area contributed by atoms with Crippen LogP contribution in [0.15, 0.2) is 79.0 Å². The number of nitrogens with zero attached hydrogens (tertiary/aromatic N) is 1. The second-order valence-electron chi connectivity index (χ2n) is 8.09. The summed E-state index contributed by atoms with van der Waals surface area (Å²) in [6, 6.07) is 19.5. The monoisotopic (exact) mass is 462 g/mol. The van der Waals surface area contributed by atoms with E-state index >= 15 is 0 Å². The third-order valence-electron chi connectivity index (χ3n) is 5.60. The van der Waals surface area contributed by atoms with E-state index in [9.17, 15) is 18.4 Å². The molecule has 7 heteroatoms. The summed E-state index contributed by atoms with van der Waals surface area (Å²) in [5.41, 5.74) is 2.96. The lowest BCUT2D eigenvalue weighted by Crippen LogP contribution is -2.43. The van der Waals surface area contributed by atoms with Crippen molar-refractivity contribution in [1.29, 1.82) is 0 Å². The Kier molecular flexibility index (Phi) is 7.01. The van der Waals surface area contributed by atoms with Crippen LogP contribution in [-0.4, -0.2) is 29.6 Å². The van der Waals surface area contributed by atoms with E-state index in [1.807, 2.05) is 59.2 Å². The number of carbonyl (C=O) groups excluding carboxylic acids is 2. The van der Waals surface area contributed by atoms with Gasteiger partial charge in [-0.25, -0.2) is 13.6 Å². The molecule has 0 aliphatic heterocycles. The second kappa shape index (κ2) is 10.3. The van der Waals surface area contributed by atoms with Crippen LogP contribution in [0.25, 0.3) is 10.9 Å². The number of aromatic nitrogens is 1. The van der Waals surface area contributed by atoms with E-state index in [1.165, 1.54) is 19.2 Å². The van der Waals surface area contributed by atoms with E-state index in [1.54, 1.807) is 6.20 Å². The van der Waals surface area contributed by atoms with Gasteiger partial charge in [0.2, 0.25) is 5.91 Å². The SMILES string of the molecule is COC(=O)C(Cc1ccccc1)NC(=O)Cc1cn(Cc2cc(F)cc(F)c2)c2ccccc12. The number of halogens is 2. The van der Waals surface area contributed by atoms with Crippen molar-refractivity contribution in [2.24, 2.45) is 0 Å². The average molecular weight is 462 g/mol. The molecule has 4 aromatic rings. The van der Waals surface area contributed by atoms with Crippen molar-refractivity contribution in [3.8, 4) is 0 Å². The zero-order chi connectivity index (χ0) is 24.1. The molecule has 3 aromatic carbocycles. The van der Waals surface area contributed by atoms with Crippen molar-refractivity contribution >= 4 is 22.8 Å². The summed E-state index contributed by atoms with van der Waals surface area (Å²) in [5, 5.41) is 3.64. The zero-order valence-electron chi connectivity index (χ0n) is 18.6. The highest BCUT2D eigenvalue weighted by Crippen LogP contribution is 2.23. The number of esters is 1. The fourth-order valence-electron chi connectivity index (χ4n) is 4.10. The van der Waals surface area contributed by atoms with Gasteiger partial charge in [-0.2, -0.15) is 0 Å². The highest BCUT2D eigenvalue weighted by Gasteiger charge is 2.23. The molecule has 0 fully saturated rings. The van der Waals surface area contributed by atoms with E-state index in [2.05, 4.69) is 5.32 Å². The molecular formula is C27H24F2N2O3. The zero-order valence-corrected chi connectivity index (χ0v) is 18.6. The number of amides is 1. The Hall–Kier alpha value is -4.00. The number of para-hydroxylation sites is 1. The lowest BCUT2D eigenvalue weighted by atomic mass is 10.1. The standard InChI is InChI=1S/C27H24F2N2O3/c1-34-27(33)24(13-18-7-3-2-4-8-18)30-26(32)14-20-17-31(25-10-6-5-9-23(20)25)16-19-11-21(28)15-22(29)12-19/h2-12,15,17,24H,13-14,16H2,1H3,(H,30,32). The fourth-order valence-corrected chi connectivity index (χ4v) is 4.10. The second-order valence-corrected chi connectivity index (χ2v) is 8.09. The third kappa shape index (κ3) is 5.49. The van der Waals surface area contributed by atoms with Gasteiger partial charge in [0.05, 0.1) is 13.5 Å². The number of rotatable bonds is 8. The molecule has 34 heavy (non-hydrogen) atoms. The summed E-state index contributed by atoms with van der Waals surface area (Å²) in [7, 11) is 1.29. The van der Waals surface area contributed by atoms with Crippen molar-refractivity contribution in [3.05, 3.63) is 107 Å². The van der Waals surface area contributed by atoms with Crippen molar-refractivity contribution in [2.75, 3.05) is 7.11 Å². The van der Waals surface area contributed by atoms with Gasteiger partial charge >= 0.3 is 5.97 Å². The quantitative estimate of drug-likeness (QED) is 0.395. The first-order valence-corrected chi connectivity index (χ1v) is 10.9. The molecule has 4 rings (SSSR count). The molecule has 0 saturated carbocycles. The van der Waals surface area contributed by atoms with Gasteiger partial charge in [0.25, 0.3) is 0 Å². The molecule has 1 atom stereocenters. The Morgan fingerprint density at radius 2 is 1.62 bits per heavy atom. The minimum atomic E-state index is -0.816. The van der Waals surface area contributed by atoms with Gasteiger partial charge in [-0.1, -0.05) is 48.5 Å². The molecule has 0 saturated heterocycles. The molecule has 0 spiro atoms. The molecule has 5 nitrogen and oxygen atoms in total. The van der Waals surface area contributed by atoms with Gasteiger partial charge < -0.3 is 14.6 Å². The van der Waals surface area contributed by atoms with Crippen LogP contribution < -0.4 is 5.32 Å². The Bertz CT molecular complexity index is 1300. The lowest BCUT2D eigenvalue weighted by Gasteiger charge is -2.16. The molecule has 1 amide bonds. The Morgan fingerprint density at radius 1 is 0.941 bits per heavy atom. The maximum absolute atomic E-state index is 13.7. The summed E-state index contributed by atoms with van der Waals surface area (Å²) in [6.07, 6.45) is 2.15. The van der Waals surface area contributed by atoms with Crippen molar-refractivity contribution < 1.29 is 23.1 Å². The molecule has 1 aromatic heterocycles. The van der Waals surface area contributed by atoms with Crippen molar-refractivity contribution in [2.45, 2.75) is 25.4 Å². The van der Waals surface area contributed by atoms with Crippen LogP contribution in [0.1, 0.15) is 16.7 Å². The minimum absolute atomic E-state index is 0.0350. The van der Waals surface area contributed by atoms with Gasteiger partial charge in [-0.15, -0.1) is 0 Å². The van der Waals surface area contributed by atoms with E-state index in [4.69, 9.17) is 4.74 Å². The number of nitrogens with one attached hydrogen (secondary N) is 1. The molecule has 1 heterocycles. The number of hydrogen-bond donors (Lipinski definition) is 1. The van der Waals surface area contributed by atoms with Crippen LogP contribution in [0.3, 0.4) is 0 Å². The number of carbonyl (C=O) groups is 2. The largest absolute Gasteiger partial charge is 0.467 e. The molecule has 174 valence electrons. The molecule has 0 aliphatic rings. The summed E-state index contributed by atoms with van der Waals surface area (Å²) >= 11 is 0. The molecule has 0 radical (unpaired) electrons. The van der Waals surface area contributed by atoms with Crippen molar-refractivity contribution in [3.63, 3.8) is 0 Å². The van der Waals surface area contributed by atoms with Crippen LogP contribution in [0, 0.1) is 11.6 Å². The van der Waals surface area contributed by atoms with Crippen molar-refractivity contribution in [1.82, 2.24) is 9.88 Å². The number of hydrogen-bond acceptors (Lipinski definition) is 3. The summed E-state index contributed by atoms with van der Waals surface area (Å²) in [4.78, 5) is 25.2. The van der Waals surface area contributed by atoms with E-state index < -0.39 is 23.6 Å². The lowest BCUT2D eigenvalue weighted by molar-refractivity contribution is -0.145. The molecule has 0 aliphatic carbocycles.